The number of ether oxygens (including phenoxy) is 1. The number of carbonyl (C=O) groups is 1. The Labute approximate surface area is 104 Å². The summed E-state index contributed by atoms with van der Waals surface area (Å²) >= 11 is 0. The van der Waals surface area contributed by atoms with Crippen molar-refractivity contribution >= 4 is 5.97 Å². The molecular weight excluding hydrogens is 218 g/mol. The minimum atomic E-state index is -0.671. The van der Waals surface area contributed by atoms with Crippen LogP contribution in [-0.4, -0.2) is 48.3 Å². The van der Waals surface area contributed by atoms with Crippen LogP contribution in [0.4, 0.5) is 0 Å². The highest BCUT2D eigenvalue weighted by Crippen LogP contribution is 2.36. The number of methoxy groups -OCH3 is 1. The number of aliphatic carboxylic acids is 1. The second kappa shape index (κ2) is 6.97. The molecule has 0 bridgehead atoms. The number of carboxylic acid groups (broad SMARTS) is 1. The maximum Gasteiger partial charge on any atom is 0.321 e. The summed E-state index contributed by atoms with van der Waals surface area (Å²) in [5.74, 6) is -0.319. The van der Waals surface area contributed by atoms with Crippen molar-refractivity contribution in [2.24, 2.45) is 5.92 Å². The Morgan fingerprint density at radius 2 is 2.00 bits per heavy atom. The van der Waals surface area contributed by atoms with Crippen LogP contribution in [0, 0.1) is 5.92 Å². The lowest BCUT2D eigenvalue weighted by molar-refractivity contribution is -0.145. The summed E-state index contributed by atoms with van der Waals surface area (Å²) in [6.45, 7) is 5.57. The molecular formula is C13H25NO3. The number of carboxylic acids is 1. The summed E-state index contributed by atoms with van der Waals surface area (Å²) in [7, 11) is 1.66. The Morgan fingerprint density at radius 3 is 2.35 bits per heavy atom. The standard InChI is InChI=1S/C13H25NO3/c1-4-11(5-2)14(8-9-17-3)12(13(15)16)10-6-7-10/h10-12H,4-9H2,1-3H3,(H,15,16). The lowest BCUT2D eigenvalue weighted by Crippen LogP contribution is -2.49. The molecule has 4 nitrogen and oxygen atoms in total. The van der Waals surface area contributed by atoms with E-state index in [1.54, 1.807) is 7.11 Å². The van der Waals surface area contributed by atoms with Crippen LogP contribution >= 0.6 is 0 Å². The van der Waals surface area contributed by atoms with E-state index < -0.39 is 5.97 Å². The molecule has 1 aliphatic carbocycles. The first-order valence-electron chi connectivity index (χ1n) is 6.63. The van der Waals surface area contributed by atoms with E-state index in [4.69, 9.17) is 4.74 Å². The minimum Gasteiger partial charge on any atom is -0.480 e. The molecule has 100 valence electrons. The number of hydrogen-bond donors (Lipinski definition) is 1. The van der Waals surface area contributed by atoms with E-state index in [-0.39, 0.29) is 6.04 Å². The molecule has 1 atom stereocenters. The van der Waals surface area contributed by atoms with Crippen LogP contribution in [0.1, 0.15) is 39.5 Å². The predicted molar refractivity (Wildman–Crippen MR) is 67.1 cm³/mol. The van der Waals surface area contributed by atoms with Gasteiger partial charge in [-0.3, -0.25) is 9.69 Å². The maximum absolute atomic E-state index is 11.4. The van der Waals surface area contributed by atoms with Gasteiger partial charge in [0.25, 0.3) is 0 Å². The topological polar surface area (TPSA) is 49.8 Å². The van der Waals surface area contributed by atoms with Gasteiger partial charge >= 0.3 is 5.97 Å². The number of nitrogens with zero attached hydrogens (tertiary/aromatic N) is 1. The van der Waals surface area contributed by atoms with Crippen molar-refractivity contribution in [3.8, 4) is 0 Å². The van der Waals surface area contributed by atoms with Crippen LogP contribution in [0.25, 0.3) is 0 Å². The van der Waals surface area contributed by atoms with Crippen molar-refractivity contribution in [2.75, 3.05) is 20.3 Å². The van der Waals surface area contributed by atoms with Gasteiger partial charge in [0, 0.05) is 19.7 Å². The fourth-order valence-electron chi connectivity index (χ4n) is 2.53. The Bertz CT molecular complexity index is 237. The van der Waals surface area contributed by atoms with Gasteiger partial charge in [-0.2, -0.15) is 0 Å². The third-order valence-electron chi connectivity index (χ3n) is 3.64. The Hall–Kier alpha value is -0.610. The zero-order valence-electron chi connectivity index (χ0n) is 11.2. The molecule has 1 saturated carbocycles. The SMILES string of the molecule is CCC(CC)N(CCOC)C(C(=O)O)C1CC1. The van der Waals surface area contributed by atoms with Crippen LogP contribution < -0.4 is 0 Å². The molecule has 0 aromatic heterocycles. The molecule has 0 amide bonds. The monoisotopic (exact) mass is 243 g/mol. The molecule has 0 aromatic rings. The lowest BCUT2D eigenvalue weighted by Gasteiger charge is -2.35. The number of hydrogen-bond acceptors (Lipinski definition) is 3. The van der Waals surface area contributed by atoms with E-state index in [0.29, 0.717) is 18.6 Å². The summed E-state index contributed by atoms with van der Waals surface area (Å²) < 4.78 is 5.11. The second-order valence-electron chi connectivity index (χ2n) is 4.82. The summed E-state index contributed by atoms with van der Waals surface area (Å²) in [5, 5.41) is 9.41. The van der Waals surface area contributed by atoms with Crippen LogP contribution in [0.2, 0.25) is 0 Å². The highest BCUT2D eigenvalue weighted by Gasteiger charge is 2.41. The molecule has 0 spiro atoms. The molecule has 4 heteroatoms. The van der Waals surface area contributed by atoms with Gasteiger partial charge in [0.2, 0.25) is 0 Å². The molecule has 0 heterocycles. The van der Waals surface area contributed by atoms with Gasteiger partial charge < -0.3 is 9.84 Å². The highest BCUT2D eigenvalue weighted by atomic mass is 16.5. The lowest BCUT2D eigenvalue weighted by atomic mass is 10.0. The van der Waals surface area contributed by atoms with E-state index in [9.17, 15) is 9.90 Å². The van der Waals surface area contributed by atoms with E-state index in [1.807, 2.05) is 0 Å². The molecule has 0 radical (unpaired) electrons. The van der Waals surface area contributed by atoms with Gasteiger partial charge in [0.15, 0.2) is 0 Å². The minimum absolute atomic E-state index is 0.310. The quantitative estimate of drug-likeness (QED) is 0.673. The second-order valence-corrected chi connectivity index (χ2v) is 4.82. The Morgan fingerprint density at radius 1 is 1.41 bits per heavy atom. The van der Waals surface area contributed by atoms with Gasteiger partial charge in [0.1, 0.15) is 6.04 Å². The van der Waals surface area contributed by atoms with E-state index >= 15 is 0 Å². The molecule has 0 aliphatic heterocycles. The maximum atomic E-state index is 11.4. The number of rotatable bonds is 9. The van der Waals surface area contributed by atoms with E-state index in [2.05, 4.69) is 18.7 Å². The molecule has 1 aliphatic rings. The summed E-state index contributed by atoms with van der Waals surface area (Å²) in [5.41, 5.74) is 0. The largest absolute Gasteiger partial charge is 0.480 e. The third-order valence-corrected chi connectivity index (χ3v) is 3.64. The molecule has 17 heavy (non-hydrogen) atoms. The Kier molecular flexibility index (Phi) is 5.92. The average molecular weight is 243 g/mol. The van der Waals surface area contributed by atoms with Crippen molar-refractivity contribution in [1.29, 1.82) is 0 Å². The molecule has 1 N–H and O–H groups in total. The smallest absolute Gasteiger partial charge is 0.321 e. The molecule has 1 rings (SSSR count). The van der Waals surface area contributed by atoms with Crippen molar-refractivity contribution in [3.63, 3.8) is 0 Å². The molecule has 1 fully saturated rings. The average Bonchev–Trinajstić information content (AvgIpc) is 3.11. The van der Waals surface area contributed by atoms with Gasteiger partial charge in [0.05, 0.1) is 6.61 Å². The molecule has 1 unspecified atom stereocenters. The van der Waals surface area contributed by atoms with Crippen LogP contribution in [0.5, 0.6) is 0 Å². The zero-order valence-corrected chi connectivity index (χ0v) is 11.2. The summed E-state index contributed by atoms with van der Waals surface area (Å²) in [6.07, 6.45) is 4.11. The summed E-state index contributed by atoms with van der Waals surface area (Å²) in [6, 6.07) is 0.0434. The fraction of sp³-hybridized carbons (Fsp3) is 0.923. The van der Waals surface area contributed by atoms with Crippen molar-refractivity contribution < 1.29 is 14.6 Å². The van der Waals surface area contributed by atoms with Gasteiger partial charge in [-0.15, -0.1) is 0 Å². The fourth-order valence-corrected chi connectivity index (χ4v) is 2.53. The van der Waals surface area contributed by atoms with Gasteiger partial charge in [-0.05, 0) is 31.6 Å². The van der Waals surface area contributed by atoms with Crippen molar-refractivity contribution in [3.05, 3.63) is 0 Å². The van der Waals surface area contributed by atoms with E-state index in [1.165, 1.54) is 0 Å². The molecule has 0 saturated heterocycles. The molecule has 0 aromatic carbocycles. The van der Waals surface area contributed by atoms with E-state index in [0.717, 1.165) is 32.2 Å². The Balaban J connectivity index is 2.73. The normalized spacial score (nSPS) is 17.7. The van der Waals surface area contributed by atoms with Gasteiger partial charge in [-0.1, -0.05) is 13.8 Å². The first kappa shape index (κ1) is 14.5. The van der Waals surface area contributed by atoms with Crippen LogP contribution in [0.15, 0.2) is 0 Å². The van der Waals surface area contributed by atoms with Gasteiger partial charge in [-0.25, -0.2) is 0 Å². The predicted octanol–water partition coefficient (Wildman–Crippen LogP) is 1.99. The highest BCUT2D eigenvalue weighted by molar-refractivity contribution is 5.74. The van der Waals surface area contributed by atoms with Crippen molar-refractivity contribution in [1.82, 2.24) is 4.90 Å². The zero-order chi connectivity index (χ0) is 12.8. The van der Waals surface area contributed by atoms with Crippen molar-refractivity contribution in [2.45, 2.75) is 51.6 Å². The van der Waals surface area contributed by atoms with Crippen LogP contribution in [-0.2, 0) is 9.53 Å². The third kappa shape index (κ3) is 3.96. The first-order valence-corrected chi connectivity index (χ1v) is 6.63. The summed E-state index contributed by atoms with van der Waals surface area (Å²) in [4.78, 5) is 13.6. The first-order chi connectivity index (χ1) is 8.15. The van der Waals surface area contributed by atoms with Crippen LogP contribution in [0.3, 0.4) is 0 Å².